The van der Waals surface area contributed by atoms with Crippen LogP contribution >= 0.6 is 0 Å². The van der Waals surface area contributed by atoms with E-state index in [0.717, 1.165) is 0 Å². The molecule has 0 aliphatic carbocycles. The number of likely N-dealkylation sites (tertiary alicyclic amines) is 1. The van der Waals surface area contributed by atoms with Crippen molar-refractivity contribution in [1.82, 2.24) is 4.90 Å². The van der Waals surface area contributed by atoms with Gasteiger partial charge in [0.05, 0.1) is 18.6 Å². The molecule has 2 amide bonds. The molecule has 10 heteroatoms. The van der Waals surface area contributed by atoms with Gasteiger partial charge >= 0.3 is 6.18 Å². The van der Waals surface area contributed by atoms with Crippen LogP contribution in [0, 0.1) is 17.2 Å². The van der Waals surface area contributed by atoms with Gasteiger partial charge in [-0.25, -0.2) is 0 Å². The molecule has 0 radical (unpaired) electrons. The second-order valence-electron chi connectivity index (χ2n) is 7.78. The van der Waals surface area contributed by atoms with Crippen LogP contribution in [0.25, 0.3) is 0 Å². The van der Waals surface area contributed by atoms with Crippen molar-refractivity contribution in [2.45, 2.75) is 25.4 Å². The van der Waals surface area contributed by atoms with Crippen LogP contribution in [0.5, 0.6) is 11.5 Å². The molecule has 1 aliphatic heterocycles. The Morgan fingerprint density at radius 2 is 1.79 bits per heavy atom. The third-order valence-electron chi connectivity index (χ3n) is 5.31. The molecule has 1 aliphatic rings. The molecule has 1 heterocycles. The lowest BCUT2D eigenvalue weighted by molar-refractivity contribution is -0.153. The van der Waals surface area contributed by atoms with Crippen molar-refractivity contribution in [3.8, 4) is 17.6 Å². The molecule has 180 valence electrons. The monoisotopic (exact) mass is 475 g/mol. The van der Waals surface area contributed by atoms with E-state index < -0.39 is 12.8 Å². The van der Waals surface area contributed by atoms with E-state index in [9.17, 15) is 28.0 Å². The fourth-order valence-electron chi connectivity index (χ4n) is 3.55. The zero-order valence-electron chi connectivity index (χ0n) is 18.3. The molecule has 3 rings (SSSR count). The first kappa shape index (κ1) is 24.9. The number of ether oxygens (including phenoxy) is 2. The van der Waals surface area contributed by atoms with Crippen LogP contribution in [0.15, 0.2) is 48.5 Å². The fraction of sp³-hybridized carbons (Fsp3) is 0.375. The Labute approximate surface area is 195 Å². The molecule has 0 spiro atoms. The van der Waals surface area contributed by atoms with Crippen LogP contribution in [0.1, 0.15) is 24.8 Å². The summed E-state index contributed by atoms with van der Waals surface area (Å²) in [6, 6.07) is 14.9. The van der Waals surface area contributed by atoms with Gasteiger partial charge in [-0.15, -0.1) is 0 Å². The number of hydrogen-bond donors (Lipinski definition) is 1. The number of piperidine rings is 1. The Balaban J connectivity index is 1.45. The molecule has 2 aromatic carbocycles. The number of nitrogens with one attached hydrogen (secondary N) is 1. The largest absolute Gasteiger partial charge is 0.493 e. The topological polar surface area (TPSA) is 91.7 Å². The lowest BCUT2D eigenvalue weighted by Crippen LogP contribution is -2.41. The van der Waals surface area contributed by atoms with Crippen LogP contribution in [0.4, 0.5) is 18.9 Å². The molecule has 34 heavy (non-hydrogen) atoms. The summed E-state index contributed by atoms with van der Waals surface area (Å²) in [5.41, 5.74) is 0.178. The first-order valence-electron chi connectivity index (χ1n) is 10.8. The van der Waals surface area contributed by atoms with Crippen LogP contribution in [0.2, 0.25) is 0 Å². The number of carbonyl (C=O) groups excluding carboxylic acids is 2. The summed E-state index contributed by atoms with van der Waals surface area (Å²) in [5.74, 6) is -0.141. The smallest absolute Gasteiger partial charge is 0.422 e. The SMILES string of the molecule is N#Cc1cc(NC(=O)C2CCN(C(=O)CCOc3ccccc3)CC2)ccc1OCC(F)(F)F. The number of hydrogen-bond acceptors (Lipinski definition) is 5. The number of nitrogens with zero attached hydrogens (tertiary/aromatic N) is 2. The van der Waals surface area contributed by atoms with Gasteiger partial charge in [-0.05, 0) is 43.2 Å². The molecule has 0 aromatic heterocycles. The minimum atomic E-state index is -4.52. The molecular weight excluding hydrogens is 451 g/mol. The maximum atomic E-state index is 12.6. The Morgan fingerprint density at radius 3 is 2.44 bits per heavy atom. The number of para-hydroxylation sites is 1. The normalized spacial score (nSPS) is 14.2. The zero-order chi connectivity index (χ0) is 24.6. The molecule has 2 aromatic rings. The number of nitriles is 1. The van der Waals surface area contributed by atoms with Gasteiger partial charge in [0.15, 0.2) is 6.61 Å². The van der Waals surface area contributed by atoms with E-state index in [-0.39, 0.29) is 47.8 Å². The molecule has 0 unspecified atom stereocenters. The average molecular weight is 475 g/mol. The van der Waals surface area contributed by atoms with Crippen LogP contribution < -0.4 is 14.8 Å². The summed E-state index contributed by atoms with van der Waals surface area (Å²) in [6.07, 6.45) is -3.32. The van der Waals surface area contributed by atoms with Gasteiger partial charge in [0, 0.05) is 24.7 Å². The van der Waals surface area contributed by atoms with Crippen molar-refractivity contribution in [1.29, 1.82) is 5.26 Å². The molecule has 1 saturated heterocycles. The van der Waals surface area contributed by atoms with Gasteiger partial charge < -0.3 is 19.7 Å². The number of benzene rings is 2. The molecule has 7 nitrogen and oxygen atoms in total. The van der Waals surface area contributed by atoms with Gasteiger partial charge in [0.25, 0.3) is 0 Å². The quantitative estimate of drug-likeness (QED) is 0.620. The Morgan fingerprint density at radius 1 is 1.09 bits per heavy atom. The van der Waals surface area contributed by atoms with Crippen molar-refractivity contribution in [3.05, 3.63) is 54.1 Å². The first-order valence-corrected chi connectivity index (χ1v) is 10.8. The molecule has 0 bridgehead atoms. The summed E-state index contributed by atoms with van der Waals surface area (Å²) >= 11 is 0. The molecule has 0 atom stereocenters. The summed E-state index contributed by atoms with van der Waals surface area (Å²) < 4.78 is 47.2. The van der Waals surface area contributed by atoms with E-state index in [1.165, 1.54) is 18.2 Å². The summed E-state index contributed by atoms with van der Waals surface area (Å²) in [4.78, 5) is 26.7. The number of amides is 2. The van der Waals surface area contributed by atoms with Crippen molar-refractivity contribution in [3.63, 3.8) is 0 Å². The van der Waals surface area contributed by atoms with Crippen LogP contribution in [-0.2, 0) is 9.59 Å². The van der Waals surface area contributed by atoms with E-state index in [1.807, 2.05) is 30.3 Å². The molecular formula is C24H24F3N3O4. The Hall–Kier alpha value is -3.74. The Bertz CT molecular complexity index is 1030. The van der Waals surface area contributed by atoms with Gasteiger partial charge in [-0.1, -0.05) is 18.2 Å². The highest BCUT2D eigenvalue weighted by Gasteiger charge is 2.29. The third kappa shape index (κ3) is 7.40. The van der Waals surface area contributed by atoms with Crippen LogP contribution in [0.3, 0.4) is 0 Å². The predicted octanol–water partition coefficient (Wildman–Crippen LogP) is 4.15. The van der Waals surface area contributed by atoms with Gasteiger partial charge in [0.1, 0.15) is 17.6 Å². The number of anilines is 1. The standard InChI is InChI=1S/C24H24F3N3O4/c25-24(26,27)16-34-21-7-6-19(14-18(21)15-28)29-23(32)17-8-11-30(12-9-17)22(31)10-13-33-20-4-2-1-3-5-20/h1-7,14,17H,8-13,16H2,(H,29,32). The summed E-state index contributed by atoms with van der Waals surface area (Å²) in [7, 11) is 0. The van der Waals surface area contributed by atoms with E-state index >= 15 is 0 Å². The van der Waals surface area contributed by atoms with E-state index in [2.05, 4.69) is 10.1 Å². The zero-order valence-corrected chi connectivity index (χ0v) is 18.3. The lowest BCUT2D eigenvalue weighted by atomic mass is 9.95. The molecule has 0 saturated carbocycles. The average Bonchev–Trinajstić information content (AvgIpc) is 2.83. The minimum absolute atomic E-state index is 0.0390. The second kappa shape index (κ2) is 11.4. The van der Waals surface area contributed by atoms with Crippen molar-refractivity contribution in [2.24, 2.45) is 5.92 Å². The Kier molecular flexibility index (Phi) is 8.35. The highest BCUT2D eigenvalue weighted by Crippen LogP contribution is 2.26. The highest BCUT2D eigenvalue weighted by atomic mass is 19.4. The first-order chi connectivity index (χ1) is 16.2. The second-order valence-corrected chi connectivity index (χ2v) is 7.78. The van der Waals surface area contributed by atoms with Gasteiger partial charge in [0.2, 0.25) is 11.8 Å². The summed E-state index contributed by atoms with van der Waals surface area (Å²) in [6.45, 7) is -0.359. The number of rotatable bonds is 8. The van der Waals surface area contributed by atoms with Crippen molar-refractivity contribution >= 4 is 17.5 Å². The highest BCUT2D eigenvalue weighted by molar-refractivity contribution is 5.93. The van der Waals surface area contributed by atoms with Gasteiger partial charge in [-0.3, -0.25) is 9.59 Å². The third-order valence-corrected chi connectivity index (χ3v) is 5.31. The minimum Gasteiger partial charge on any atom is -0.493 e. The molecule has 1 N–H and O–H groups in total. The maximum absolute atomic E-state index is 12.6. The number of halogens is 3. The van der Waals surface area contributed by atoms with Gasteiger partial charge in [-0.2, -0.15) is 18.4 Å². The van der Waals surface area contributed by atoms with E-state index in [1.54, 1.807) is 11.0 Å². The lowest BCUT2D eigenvalue weighted by Gasteiger charge is -2.31. The molecule has 1 fully saturated rings. The van der Waals surface area contributed by atoms with Crippen molar-refractivity contribution < 1.29 is 32.2 Å². The summed E-state index contributed by atoms with van der Waals surface area (Å²) in [5, 5.41) is 11.9. The van der Waals surface area contributed by atoms with E-state index in [4.69, 9.17) is 4.74 Å². The van der Waals surface area contributed by atoms with E-state index in [0.29, 0.717) is 31.7 Å². The number of carbonyl (C=O) groups is 2. The number of alkyl halides is 3. The fourth-order valence-corrected chi connectivity index (χ4v) is 3.55. The van der Waals surface area contributed by atoms with Crippen LogP contribution in [-0.4, -0.2) is 49.2 Å². The predicted molar refractivity (Wildman–Crippen MR) is 117 cm³/mol. The maximum Gasteiger partial charge on any atom is 0.422 e. The van der Waals surface area contributed by atoms with Crippen molar-refractivity contribution in [2.75, 3.05) is 31.6 Å².